The number of hydrogen-bond acceptors (Lipinski definition) is 3. The number of ether oxygens (including phenoxy) is 1. The Hall–Kier alpha value is -1.65. The normalized spacial score (nSPS) is 11.8. The number of halogens is 1. The maximum absolute atomic E-state index is 12.2. The average Bonchev–Trinajstić information content (AvgIpc) is 2.53. The third kappa shape index (κ3) is 4.68. The number of anilines is 1. The second-order valence-corrected chi connectivity index (χ2v) is 6.53. The molecule has 0 saturated carbocycles. The summed E-state index contributed by atoms with van der Waals surface area (Å²) in [6.45, 7) is 1.89. The molecular formula is C17H18ClNO2S. The molecule has 0 aliphatic heterocycles. The van der Waals surface area contributed by atoms with Crippen molar-refractivity contribution in [3.05, 3.63) is 59.1 Å². The molecule has 0 radical (unpaired) electrons. The van der Waals surface area contributed by atoms with Crippen molar-refractivity contribution in [1.29, 1.82) is 0 Å². The van der Waals surface area contributed by atoms with Crippen LogP contribution in [0.1, 0.15) is 12.5 Å². The zero-order valence-electron chi connectivity index (χ0n) is 12.5. The molecule has 2 rings (SSSR count). The molecular weight excluding hydrogens is 318 g/mol. The second-order valence-electron chi connectivity index (χ2n) is 4.76. The molecule has 0 heterocycles. The fraction of sp³-hybridized carbons (Fsp3) is 0.235. The summed E-state index contributed by atoms with van der Waals surface area (Å²) in [5.74, 6) is 1.43. The first-order chi connectivity index (χ1) is 10.6. The van der Waals surface area contributed by atoms with Gasteiger partial charge in [-0.3, -0.25) is 4.79 Å². The van der Waals surface area contributed by atoms with E-state index in [9.17, 15) is 4.79 Å². The van der Waals surface area contributed by atoms with Gasteiger partial charge in [-0.05, 0) is 37.3 Å². The van der Waals surface area contributed by atoms with Gasteiger partial charge < -0.3 is 10.1 Å². The van der Waals surface area contributed by atoms with Crippen molar-refractivity contribution in [2.24, 2.45) is 0 Å². The van der Waals surface area contributed by atoms with Crippen LogP contribution in [-0.4, -0.2) is 18.3 Å². The maximum atomic E-state index is 12.2. The molecule has 2 aromatic rings. The van der Waals surface area contributed by atoms with E-state index < -0.39 is 0 Å². The Labute approximate surface area is 140 Å². The van der Waals surface area contributed by atoms with Crippen molar-refractivity contribution >= 4 is 35.0 Å². The number of carbonyl (C=O) groups is 1. The first-order valence-corrected chi connectivity index (χ1v) is 8.32. The van der Waals surface area contributed by atoms with Gasteiger partial charge in [-0.15, -0.1) is 11.8 Å². The van der Waals surface area contributed by atoms with Crippen LogP contribution < -0.4 is 10.1 Å². The number of methoxy groups -OCH3 is 1. The number of nitrogens with one attached hydrogen (secondary N) is 1. The summed E-state index contributed by atoms with van der Waals surface area (Å²) in [6.07, 6.45) is 0. The fourth-order valence-corrected chi connectivity index (χ4v) is 2.98. The van der Waals surface area contributed by atoms with Crippen LogP contribution in [0.3, 0.4) is 0 Å². The fourth-order valence-electron chi connectivity index (χ4n) is 1.92. The van der Waals surface area contributed by atoms with E-state index in [0.717, 1.165) is 17.0 Å². The van der Waals surface area contributed by atoms with Crippen LogP contribution in [0.25, 0.3) is 0 Å². The van der Waals surface area contributed by atoms with Crippen molar-refractivity contribution in [3.63, 3.8) is 0 Å². The van der Waals surface area contributed by atoms with Gasteiger partial charge in [0.2, 0.25) is 5.91 Å². The molecule has 116 valence electrons. The van der Waals surface area contributed by atoms with E-state index in [0.29, 0.717) is 10.8 Å². The molecule has 1 amide bonds. The first kappa shape index (κ1) is 16.7. The first-order valence-electron chi connectivity index (χ1n) is 6.90. The number of benzene rings is 2. The molecule has 0 fully saturated rings. The Morgan fingerprint density at radius 3 is 2.68 bits per heavy atom. The standard InChI is InChI=1S/C17H18ClNO2S/c1-12(17(20)19-15-6-4-3-5-7-15)22-11-13-10-14(18)8-9-16(13)21-2/h3-10,12H,11H2,1-2H3,(H,19,20). The lowest BCUT2D eigenvalue weighted by Crippen LogP contribution is -2.22. The Balaban J connectivity index is 1.93. The van der Waals surface area contributed by atoms with Crippen molar-refractivity contribution < 1.29 is 9.53 Å². The molecule has 0 aliphatic rings. The predicted molar refractivity (Wildman–Crippen MR) is 93.8 cm³/mol. The van der Waals surface area contributed by atoms with Gasteiger partial charge in [-0.1, -0.05) is 29.8 Å². The number of amides is 1. The highest BCUT2D eigenvalue weighted by Crippen LogP contribution is 2.28. The highest BCUT2D eigenvalue weighted by Gasteiger charge is 2.15. The molecule has 1 atom stereocenters. The number of hydrogen-bond donors (Lipinski definition) is 1. The molecule has 0 aliphatic carbocycles. The molecule has 0 bridgehead atoms. The minimum Gasteiger partial charge on any atom is -0.496 e. The van der Waals surface area contributed by atoms with Gasteiger partial charge in [0.15, 0.2) is 0 Å². The second kappa shape index (κ2) is 8.11. The Morgan fingerprint density at radius 1 is 1.27 bits per heavy atom. The maximum Gasteiger partial charge on any atom is 0.237 e. The van der Waals surface area contributed by atoms with E-state index in [1.807, 2.05) is 49.4 Å². The van der Waals surface area contributed by atoms with E-state index >= 15 is 0 Å². The topological polar surface area (TPSA) is 38.3 Å². The van der Waals surface area contributed by atoms with E-state index in [2.05, 4.69) is 5.32 Å². The lowest BCUT2D eigenvalue weighted by atomic mass is 10.2. The van der Waals surface area contributed by atoms with Crippen molar-refractivity contribution in [2.45, 2.75) is 17.9 Å². The van der Waals surface area contributed by atoms with Crippen LogP contribution in [0, 0.1) is 0 Å². The largest absolute Gasteiger partial charge is 0.496 e. The zero-order chi connectivity index (χ0) is 15.9. The lowest BCUT2D eigenvalue weighted by molar-refractivity contribution is -0.115. The van der Waals surface area contributed by atoms with Gasteiger partial charge in [-0.25, -0.2) is 0 Å². The molecule has 0 aromatic heterocycles. The number of para-hydroxylation sites is 1. The molecule has 0 spiro atoms. The molecule has 0 saturated heterocycles. The molecule has 3 nitrogen and oxygen atoms in total. The summed E-state index contributed by atoms with van der Waals surface area (Å²) < 4.78 is 5.32. The third-order valence-electron chi connectivity index (χ3n) is 3.14. The van der Waals surface area contributed by atoms with Crippen molar-refractivity contribution in [3.8, 4) is 5.75 Å². The minimum absolute atomic E-state index is 0.0165. The summed E-state index contributed by atoms with van der Waals surface area (Å²) in [5, 5.41) is 3.39. The van der Waals surface area contributed by atoms with Gasteiger partial charge in [0, 0.05) is 22.0 Å². The molecule has 2 aromatic carbocycles. The number of carbonyl (C=O) groups excluding carboxylic acids is 1. The Morgan fingerprint density at radius 2 is 2.00 bits per heavy atom. The van der Waals surface area contributed by atoms with Crippen molar-refractivity contribution in [2.75, 3.05) is 12.4 Å². The van der Waals surface area contributed by atoms with Crippen LogP contribution in [0.2, 0.25) is 5.02 Å². The summed E-state index contributed by atoms with van der Waals surface area (Å²) in [7, 11) is 1.63. The van der Waals surface area contributed by atoms with E-state index in [1.54, 1.807) is 24.9 Å². The third-order valence-corrected chi connectivity index (χ3v) is 4.57. The summed E-state index contributed by atoms with van der Waals surface area (Å²) >= 11 is 7.56. The van der Waals surface area contributed by atoms with Gasteiger partial charge in [-0.2, -0.15) is 0 Å². The van der Waals surface area contributed by atoms with Crippen LogP contribution in [0.15, 0.2) is 48.5 Å². The zero-order valence-corrected chi connectivity index (χ0v) is 14.1. The SMILES string of the molecule is COc1ccc(Cl)cc1CSC(C)C(=O)Nc1ccccc1. The predicted octanol–water partition coefficient (Wildman–Crippen LogP) is 4.61. The smallest absolute Gasteiger partial charge is 0.237 e. The van der Waals surface area contributed by atoms with Gasteiger partial charge in [0.25, 0.3) is 0 Å². The highest BCUT2D eigenvalue weighted by atomic mass is 35.5. The highest BCUT2D eigenvalue weighted by molar-refractivity contribution is 7.99. The summed E-state index contributed by atoms with van der Waals surface area (Å²) in [5.41, 5.74) is 1.79. The van der Waals surface area contributed by atoms with E-state index in [1.165, 1.54) is 0 Å². The number of rotatable bonds is 6. The summed E-state index contributed by atoms with van der Waals surface area (Å²) in [6, 6.07) is 14.9. The average molecular weight is 336 g/mol. The van der Waals surface area contributed by atoms with Crippen LogP contribution >= 0.6 is 23.4 Å². The molecule has 1 unspecified atom stereocenters. The molecule has 5 heteroatoms. The van der Waals surface area contributed by atoms with Crippen LogP contribution in [-0.2, 0) is 10.5 Å². The quantitative estimate of drug-likeness (QED) is 0.837. The number of thioether (sulfide) groups is 1. The summed E-state index contributed by atoms with van der Waals surface area (Å²) in [4.78, 5) is 12.2. The van der Waals surface area contributed by atoms with Gasteiger partial charge in [0.1, 0.15) is 5.75 Å². The van der Waals surface area contributed by atoms with Crippen LogP contribution in [0.5, 0.6) is 5.75 Å². The van der Waals surface area contributed by atoms with E-state index in [-0.39, 0.29) is 11.2 Å². The van der Waals surface area contributed by atoms with Crippen LogP contribution in [0.4, 0.5) is 5.69 Å². The Bertz CT molecular complexity index is 634. The van der Waals surface area contributed by atoms with Gasteiger partial charge >= 0.3 is 0 Å². The Kier molecular flexibility index (Phi) is 6.16. The monoisotopic (exact) mass is 335 g/mol. The lowest BCUT2D eigenvalue weighted by Gasteiger charge is -2.13. The van der Waals surface area contributed by atoms with E-state index in [4.69, 9.17) is 16.3 Å². The minimum atomic E-state index is -0.177. The van der Waals surface area contributed by atoms with Gasteiger partial charge in [0.05, 0.1) is 12.4 Å². The molecule has 1 N–H and O–H groups in total. The molecule has 22 heavy (non-hydrogen) atoms. The van der Waals surface area contributed by atoms with Crippen molar-refractivity contribution in [1.82, 2.24) is 0 Å².